The fraction of sp³-hybridized carbons (Fsp3) is 0.389. The van der Waals surface area contributed by atoms with Gasteiger partial charge in [-0.1, -0.05) is 30.3 Å². The van der Waals surface area contributed by atoms with Crippen LogP contribution in [-0.2, 0) is 13.0 Å². The number of hydrogen-bond acceptors (Lipinski definition) is 1. The van der Waals surface area contributed by atoms with Gasteiger partial charge < -0.3 is 15.2 Å². The van der Waals surface area contributed by atoms with Gasteiger partial charge in [0.1, 0.15) is 0 Å². The van der Waals surface area contributed by atoms with Gasteiger partial charge in [0, 0.05) is 38.6 Å². The van der Waals surface area contributed by atoms with Crippen molar-refractivity contribution in [2.24, 2.45) is 4.99 Å². The highest BCUT2D eigenvalue weighted by molar-refractivity contribution is 5.79. The van der Waals surface area contributed by atoms with E-state index in [4.69, 9.17) is 0 Å². The van der Waals surface area contributed by atoms with Crippen molar-refractivity contribution in [1.29, 1.82) is 0 Å². The van der Waals surface area contributed by atoms with Crippen LogP contribution in [0.15, 0.2) is 59.9 Å². The molecule has 4 nitrogen and oxygen atoms in total. The minimum atomic E-state index is 0.841. The molecule has 0 radical (unpaired) electrons. The molecular formula is C18H26N4. The van der Waals surface area contributed by atoms with Gasteiger partial charge in [-0.15, -0.1) is 0 Å². The molecule has 1 aromatic carbocycles. The summed E-state index contributed by atoms with van der Waals surface area (Å²) in [5.41, 5.74) is 1.38. The Morgan fingerprint density at radius 3 is 2.55 bits per heavy atom. The lowest BCUT2D eigenvalue weighted by Gasteiger charge is -2.11. The summed E-state index contributed by atoms with van der Waals surface area (Å²) in [7, 11) is 0. The van der Waals surface area contributed by atoms with Crippen molar-refractivity contribution >= 4 is 5.96 Å². The predicted molar refractivity (Wildman–Crippen MR) is 93.2 cm³/mol. The van der Waals surface area contributed by atoms with Gasteiger partial charge in [0.05, 0.1) is 0 Å². The first-order valence-corrected chi connectivity index (χ1v) is 8.05. The quantitative estimate of drug-likeness (QED) is 0.447. The first kappa shape index (κ1) is 16.1. The van der Waals surface area contributed by atoms with Crippen LogP contribution in [0, 0.1) is 0 Å². The summed E-state index contributed by atoms with van der Waals surface area (Å²) < 4.78 is 2.16. The van der Waals surface area contributed by atoms with Gasteiger partial charge in [0.25, 0.3) is 0 Å². The Balaban J connectivity index is 1.69. The minimum Gasteiger partial charge on any atom is -0.357 e. The SMILES string of the molecule is CCNC(=NCCCc1ccccc1)NCCn1cccc1. The van der Waals surface area contributed by atoms with E-state index < -0.39 is 0 Å². The summed E-state index contributed by atoms with van der Waals surface area (Å²) in [6.45, 7) is 5.63. The van der Waals surface area contributed by atoms with Crippen LogP contribution in [0.25, 0.3) is 0 Å². The third-order valence-electron chi connectivity index (χ3n) is 3.41. The van der Waals surface area contributed by atoms with E-state index in [-0.39, 0.29) is 0 Å². The molecule has 0 bridgehead atoms. The molecule has 118 valence electrons. The van der Waals surface area contributed by atoms with Crippen molar-refractivity contribution in [3.8, 4) is 0 Å². The monoisotopic (exact) mass is 298 g/mol. The standard InChI is InChI=1S/C18H26N4/c1-2-19-18(21-13-16-22-14-6-7-15-22)20-12-8-11-17-9-4-3-5-10-17/h3-7,9-10,14-15H,2,8,11-13,16H2,1H3,(H2,19,20,21). The van der Waals surface area contributed by atoms with Gasteiger partial charge in [-0.3, -0.25) is 4.99 Å². The molecule has 0 aliphatic carbocycles. The van der Waals surface area contributed by atoms with Crippen molar-refractivity contribution in [1.82, 2.24) is 15.2 Å². The average Bonchev–Trinajstić information content (AvgIpc) is 3.06. The predicted octanol–water partition coefficient (Wildman–Crippen LogP) is 2.68. The first-order chi connectivity index (χ1) is 10.9. The highest BCUT2D eigenvalue weighted by Crippen LogP contribution is 2.02. The van der Waals surface area contributed by atoms with E-state index in [1.165, 1.54) is 5.56 Å². The number of nitrogens with one attached hydrogen (secondary N) is 2. The van der Waals surface area contributed by atoms with Crippen molar-refractivity contribution in [3.05, 3.63) is 60.4 Å². The van der Waals surface area contributed by atoms with Gasteiger partial charge in [0.15, 0.2) is 5.96 Å². The maximum absolute atomic E-state index is 4.63. The van der Waals surface area contributed by atoms with E-state index >= 15 is 0 Å². The zero-order valence-electron chi connectivity index (χ0n) is 13.3. The largest absolute Gasteiger partial charge is 0.357 e. The van der Waals surface area contributed by atoms with Crippen molar-refractivity contribution in [3.63, 3.8) is 0 Å². The topological polar surface area (TPSA) is 41.4 Å². The Morgan fingerprint density at radius 2 is 1.82 bits per heavy atom. The highest BCUT2D eigenvalue weighted by Gasteiger charge is 1.97. The number of rotatable bonds is 8. The Labute approximate surface area is 133 Å². The number of nitrogens with zero attached hydrogens (tertiary/aromatic N) is 2. The van der Waals surface area contributed by atoms with Crippen molar-refractivity contribution < 1.29 is 0 Å². The average molecular weight is 298 g/mol. The van der Waals surface area contributed by atoms with E-state index in [1.54, 1.807) is 0 Å². The minimum absolute atomic E-state index is 0.841. The fourth-order valence-corrected chi connectivity index (χ4v) is 2.28. The second kappa shape index (κ2) is 9.66. The second-order valence-corrected chi connectivity index (χ2v) is 5.20. The molecule has 0 aliphatic heterocycles. The second-order valence-electron chi connectivity index (χ2n) is 5.20. The van der Waals surface area contributed by atoms with Crippen LogP contribution in [0.3, 0.4) is 0 Å². The number of benzene rings is 1. The van der Waals surface area contributed by atoms with Crippen LogP contribution in [0.1, 0.15) is 18.9 Å². The Bertz CT molecular complexity index is 531. The lowest BCUT2D eigenvalue weighted by Crippen LogP contribution is -2.38. The van der Waals surface area contributed by atoms with Crippen LogP contribution < -0.4 is 10.6 Å². The first-order valence-electron chi connectivity index (χ1n) is 8.05. The Kier molecular flexibility index (Phi) is 7.09. The molecule has 0 amide bonds. The van der Waals surface area contributed by atoms with Crippen molar-refractivity contribution in [2.45, 2.75) is 26.3 Å². The number of guanidine groups is 1. The van der Waals surface area contributed by atoms with Gasteiger partial charge in [-0.25, -0.2) is 0 Å². The van der Waals surface area contributed by atoms with Crippen LogP contribution in [0.5, 0.6) is 0 Å². The molecule has 0 unspecified atom stereocenters. The maximum atomic E-state index is 4.63. The third kappa shape index (κ3) is 6.04. The highest BCUT2D eigenvalue weighted by atomic mass is 15.2. The summed E-state index contributed by atoms with van der Waals surface area (Å²) >= 11 is 0. The van der Waals surface area contributed by atoms with E-state index in [1.807, 2.05) is 12.1 Å². The van der Waals surface area contributed by atoms with Gasteiger partial charge >= 0.3 is 0 Å². The summed E-state index contributed by atoms with van der Waals surface area (Å²) in [6, 6.07) is 14.7. The number of aryl methyl sites for hydroxylation is 1. The molecule has 0 saturated carbocycles. The third-order valence-corrected chi connectivity index (χ3v) is 3.41. The molecule has 2 rings (SSSR count). The van der Waals surface area contributed by atoms with Crippen LogP contribution >= 0.6 is 0 Å². The van der Waals surface area contributed by atoms with Crippen LogP contribution in [0.4, 0.5) is 0 Å². The van der Waals surface area contributed by atoms with E-state index in [0.717, 1.165) is 45.0 Å². The lowest BCUT2D eigenvalue weighted by molar-refractivity contribution is 0.664. The van der Waals surface area contributed by atoms with Gasteiger partial charge in [-0.2, -0.15) is 0 Å². The lowest BCUT2D eigenvalue weighted by atomic mass is 10.1. The molecular weight excluding hydrogens is 272 g/mol. The summed E-state index contributed by atoms with van der Waals surface area (Å²) in [4.78, 5) is 4.63. The number of hydrogen-bond donors (Lipinski definition) is 2. The normalized spacial score (nSPS) is 11.4. The van der Waals surface area contributed by atoms with E-state index in [9.17, 15) is 0 Å². The molecule has 0 saturated heterocycles. The molecule has 0 aliphatic rings. The Morgan fingerprint density at radius 1 is 1.05 bits per heavy atom. The zero-order valence-corrected chi connectivity index (χ0v) is 13.3. The molecule has 4 heteroatoms. The molecule has 22 heavy (non-hydrogen) atoms. The molecule has 0 fully saturated rings. The molecule has 2 N–H and O–H groups in total. The fourth-order valence-electron chi connectivity index (χ4n) is 2.28. The summed E-state index contributed by atoms with van der Waals surface area (Å²) in [5, 5.41) is 6.67. The molecule has 0 atom stereocenters. The summed E-state index contributed by atoms with van der Waals surface area (Å²) in [6.07, 6.45) is 6.29. The van der Waals surface area contributed by atoms with Gasteiger partial charge in [-0.05, 0) is 37.5 Å². The number of aliphatic imine (C=N–C) groups is 1. The Hall–Kier alpha value is -2.23. The zero-order chi connectivity index (χ0) is 15.5. The van der Waals surface area contributed by atoms with Crippen molar-refractivity contribution in [2.75, 3.05) is 19.6 Å². The molecule has 2 aromatic rings. The molecule has 1 aromatic heterocycles. The maximum Gasteiger partial charge on any atom is 0.191 e. The van der Waals surface area contributed by atoms with Gasteiger partial charge in [0.2, 0.25) is 0 Å². The molecule has 1 heterocycles. The van der Waals surface area contributed by atoms with Crippen LogP contribution in [0.2, 0.25) is 0 Å². The van der Waals surface area contributed by atoms with Crippen LogP contribution in [-0.4, -0.2) is 30.2 Å². The smallest absolute Gasteiger partial charge is 0.191 e. The summed E-state index contributed by atoms with van der Waals surface area (Å²) in [5.74, 6) is 0.905. The number of aromatic nitrogens is 1. The van der Waals surface area contributed by atoms with E-state index in [0.29, 0.717) is 0 Å². The molecule has 0 spiro atoms. The van der Waals surface area contributed by atoms with E-state index in [2.05, 4.69) is 69.8 Å².